The highest BCUT2D eigenvalue weighted by Crippen LogP contribution is 2.24. The Morgan fingerprint density at radius 1 is 1.53 bits per heavy atom. The second kappa shape index (κ2) is 5.95. The molecule has 9 heteroatoms. The van der Waals surface area contributed by atoms with Crippen molar-refractivity contribution >= 4 is 31.9 Å². The highest BCUT2D eigenvalue weighted by Gasteiger charge is 2.25. The Bertz CT molecular complexity index is 602. The summed E-state index contributed by atoms with van der Waals surface area (Å²) in [6.45, 7) is 1.04. The molecular formula is C10H11BrFNO5S. The van der Waals surface area contributed by atoms with Gasteiger partial charge in [-0.15, -0.1) is 0 Å². The number of halogens is 2. The van der Waals surface area contributed by atoms with Gasteiger partial charge in [0, 0.05) is 11.0 Å². The van der Waals surface area contributed by atoms with Gasteiger partial charge in [0.15, 0.2) is 5.82 Å². The average molecular weight is 356 g/mol. The third kappa shape index (κ3) is 3.96. The Morgan fingerprint density at radius 3 is 2.58 bits per heavy atom. The molecule has 0 radical (unpaired) electrons. The van der Waals surface area contributed by atoms with Crippen LogP contribution in [0.4, 0.5) is 4.39 Å². The van der Waals surface area contributed by atoms with Gasteiger partial charge in [-0.05, 0) is 19.1 Å². The smallest absolute Gasteiger partial charge is 0.338 e. The topological polar surface area (TPSA) is 104 Å². The minimum atomic E-state index is -4.24. The Kier molecular flexibility index (Phi) is 5.02. The highest BCUT2D eigenvalue weighted by atomic mass is 79.9. The van der Waals surface area contributed by atoms with Crippen LogP contribution in [0.1, 0.15) is 17.3 Å². The molecule has 0 fully saturated rings. The van der Waals surface area contributed by atoms with E-state index in [0.717, 1.165) is 12.1 Å². The number of carbonyl (C=O) groups is 1. The lowest BCUT2D eigenvalue weighted by atomic mass is 10.2. The van der Waals surface area contributed by atoms with Crippen LogP contribution < -0.4 is 4.72 Å². The van der Waals surface area contributed by atoms with Crippen LogP contribution in [0.5, 0.6) is 0 Å². The second-order valence-corrected chi connectivity index (χ2v) is 6.42. The molecule has 0 aliphatic rings. The van der Waals surface area contributed by atoms with Gasteiger partial charge in [-0.2, -0.15) is 0 Å². The van der Waals surface area contributed by atoms with Gasteiger partial charge in [-0.1, -0.05) is 15.9 Å². The van der Waals surface area contributed by atoms with Gasteiger partial charge in [0.25, 0.3) is 0 Å². The maximum Gasteiger partial charge on any atom is 0.338 e. The summed E-state index contributed by atoms with van der Waals surface area (Å²) in [6.07, 6.45) is -0.955. The SMILES string of the molecule is C[C@H](O)CNS(=O)(=O)c1cc(Br)cc(C(=O)O)c1F. The molecule has 0 bridgehead atoms. The molecule has 0 aliphatic carbocycles. The third-order valence-electron chi connectivity index (χ3n) is 2.09. The van der Waals surface area contributed by atoms with Gasteiger partial charge in [0.2, 0.25) is 10.0 Å². The molecule has 1 aromatic rings. The van der Waals surface area contributed by atoms with Crippen molar-refractivity contribution in [3.05, 3.63) is 28.0 Å². The normalized spacial score (nSPS) is 13.3. The predicted octanol–water partition coefficient (Wildman–Crippen LogP) is 0.946. The molecule has 0 heterocycles. The summed E-state index contributed by atoms with van der Waals surface area (Å²) in [7, 11) is -4.24. The van der Waals surface area contributed by atoms with E-state index in [1.807, 2.05) is 4.72 Å². The van der Waals surface area contributed by atoms with Crippen LogP contribution in [0.2, 0.25) is 0 Å². The zero-order chi connectivity index (χ0) is 14.8. The molecule has 0 saturated heterocycles. The van der Waals surface area contributed by atoms with E-state index in [2.05, 4.69) is 15.9 Å². The standard InChI is InChI=1S/C10H11BrFNO5S/c1-5(14)4-13-19(17,18)8-3-6(11)2-7(9(8)12)10(15)16/h2-3,5,13-14H,4H2,1H3,(H,15,16)/t5-/m0/s1. The molecule has 1 aromatic carbocycles. The van der Waals surface area contributed by atoms with Crippen LogP contribution in [0, 0.1) is 5.82 Å². The molecule has 0 aliphatic heterocycles. The molecule has 0 aromatic heterocycles. The Morgan fingerprint density at radius 2 is 2.11 bits per heavy atom. The van der Waals surface area contributed by atoms with Crippen molar-refractivity contribution < 1.29 is 27.8 Å². The molecule has 1 rings (SSSR count). The van der Waals surface area contributed by atoms with Crippen LogP contribution >= 0.6 is 15.9 Å². The first-order valence-corrected chi connectivity index (χ1v) is 7.33. The molecule has 106 valence electrons. The second-order valence-electron chi connectivity index (χ2n) is 3.77. The fourth-order valence-corrected chi connectivity index (χ4v) is 3.08. The van der Waals surface area contributed by atoms with Crippen LogP contribution in [-0.2, 0) is 10.0 Å². The highest BCUT2D eigenvalue weighted by molar-refractivity contribution is 9.10. The molecular weight excluding hydrogens is 345 g/mol. The summed E-state index contributed by atoms with van der Waals surface area (Å²) >= 11 is 2.92. The average Bonchev–Trinajstić information content (AvgIpc) is 2.28. The van der Waals surface area contributed by atoms with Crippen molar-refractivity contribution in [2.45, 2.75) is 17.9 Å². The van der Waals surface area contributed by atoms with Crippen molar-refractivity contribution in [2.24, 2.45) is 0 Å². The Balaban J connectivity index is 3.31. The quantitative estimate of drug-likeness (QED) is 0.729. The van der Waals surface area contributed by atoms with Gasteiger partial charge in [0.05, 0.1) is 11.7 Å². The van der Waals surface area contributed by atoms with Gasteiger partial charge in [0.1, 0.15) is 4.90 Å². The third-order valence-corrected chi connectivity index (χ3v) is 3.97. The van der Waals surface area contributed by atoms with Gasteiger partial charge >= 0.3 is 5.97 Å². The first-order chi connectivity index (χ1) is 8.65. The van der Waals surface area contributed by atoms with Crippen molar-refractivity contribution in [3.8, 4) is 0 Å². The molecule has 19 heavy (non-hydrogen) atoms. The fraction of sp³-hybridized carbons (Fsp3) is 0.300. The minimum absolute atomic E-state index is 0.115. The Labute approximate surface area is 117 Å². The monoisotopic (exact) mass is 355 g/mol. The maximum absolute atomic E-state index is 13.8. The van der Waals surface area contributed by atoms with Crippen LogP contribution in [0.25, 0.3) is 0 Å². The largest absolute Gasteiger partial charge is 0.478 e. The van der Waals surface area contributed by atoms with E-state index in [9.17, 15) is 17.6 Å². The minimum Gasteiger partial charge on any atom is -0.478 e. The van der Waals surface area contributed by atoms with Gasteiger partial charge < -0.3 is 10.2 Å². The van der Waals surface area contributed by atoms with E-state index in [-0.39, 0.29) is 11.0 Å². The lowest BCUT2D eigenvalue weighted by Crippen LogP contribution is -2.31. The van der Waals surface area contributed by atoms with Crippen LogP contribution in [0.3, 0.4) is 0 Å². The first-order valence-electron chi connectivity index (χ1n) is 5.05. The molecule has 1 atom stereocenters. The van der Waals surface area contributed by atoms with Gasteiger partial charge in [-0.3, -0.25) is 0 Å². The van der Waals surface area contributed by atoms with Crippen molar-refractivity contribution in [1.82, 2.24) is 4.72 Å². The summed E-state index contributed by atoms with van der Waals surface area (Å²) in [6, 6.07) is 1.91. The lowest BCUT2D eigenvalue weighted by Gasteiger charge is -2.10. The number of hydrogen-bond donors (Lipinski definition) is 3. The van der Waals surface area contributed by atoms with E-state index in [4.69, 9.17) is 10.2 Å². The number of carboxylic acid groups (broad SMARTS) is 1. The van der Waals surface area contributed by atoms with Gasteiger partial charge in [-0.25, -0.2) is 22.3 Å². The van der Waals surface area contributed by atoms with E-state index < -0.39 is 38.4 Å². The Hall–Kier alpha value is -1.03. The molecule has 0 unspecified atom stereocenters. The predicted molar refractivity (Wildman–Crippen MR) is 67.9 cm³/mol. The number of carboxylic acids is 1. The maximum atomic E-state index is 13.8. The van der Waals surface area contributed by atoms with E-state index >= 15 is 0 Å². The van der Waals surface area contributed by atoms with E-state index in [1.165, 1.54) is 6.92 Å². The summed E-state index contributed by atoms with van der Waals surface area (Å²) in [4.78, 5) is 10.0. The van der Waals surface area contributed by atoms with Crippen LogP contribution in [-0.4, -0.2) is 37.2 Å². The summed E-state index contributed by atoms with van der Waals surface area (Å²) in [5, 5.41) is 17.8. The number of benzene rings is 1. The summed E-state index contributed by atoms with van der Waals surface area (Å²) in [5.74, 6) is -2.93. The summed E-state index contributed by atoms with van der Waals surface area (Å²) in [5.41, 5.74) is -0.758. The lowest BCUT2D eigenvalue weighted by molar-refractivity contribution is 0.0691. The molecule has 0 spiro atoms. The summed E-state index contributed by atoms with van der Waals surface area (Å²) < 4.78 is 39.5. The van der Waals surface area contributed by atoms with Crippen molar-refractivity contribution in [3.63, 3.8) is 0 Å². The van der Waals surface area contributed by atoms with E-state index in [0.29, 0.717) is 0 Å². The number of hydrogen-bond acceptors (Lipinski definition) is 4. The molecule has 6 nitrogen and oxygen atoms in total. The number of aromatic carboxylic acids is 1. The zero-order valence-electron chi connectivity index (χ0n) is 9.72. The molecule has 3 N–H and O–H groups in total. The zero-order valence-corrected chi connectivity index (χ0v) is 12.1. The number of nitrogens with one attached hydrogen (secondary N) is 1. The molecule has 0 amide bonds. The van der Waals surface area contributed by atoms with Crippen molar-refractivity contribution in [2.75, 3.05) is 6.54 Å². The fourth-order valence-electron chi connectivity index (χ4n) is 1.22. The first kappa shape index (κ1) is 16.0. The van der Waals surface area contributed by atoms with Crippen molar-refractivity contribution in [1.29, 1.82) is 0 Å². The number of aliphatic hydroxyl groups is 1. The number of rotatable bonds is 5. The van der Waals surface area contributed by atoms with E-state index in [1.54, 1.807) is 0 Å². The molecule has 0 saturated carbocycles. The number of sulfonamides is 1. The number of aliphatic hydroxyl groups excluding tert-OH is 1. The van der Waals surface area contributed by atoms with Crippen LogP contribution in [0.15, 0.2) is 21.5 Å².